The Hall–Kier alpha value is -3.35. The normalized spacial score (nSPS) is 15.6. The smallest absolute Gasteiger partial charge is 0.262 e. The van der Waals surface area contributed by atoms with Crippen LogP contribution in [0.25, 0.3) is 0 Å². The van der Waals surface area contributed by atoms with Crippen LogP contribution in [0, 0.1) is 19.8 Å². The van der Waals surface area contributed by atoms with E-state index in [-0.39, 0.29) is 36.7 Å². The highest BCUT2D eigenvalue weighted by Gasteiger charge is 2.34. The highest BCUT2D eigenvalue weighted by atomic mass is 16.5. The quantitative estimate of drug-likeness (QED) is 0.683. The van der Waals surface area contributed by atoms with Gasteiger partial charge in [-0.25, -0.2) is 0 Å². The molecule has 1 fully saturated rings. The Morgan fingerprint density at radius 1 is 1.10 bits per heavy atom. The third-order valence-corrected chi connectivity index (χ3v) is 5.07. The molecule has 2 aromatic carbocycles. The van der Waals surface area contributed by atoms with Gasteiger partial charge in [0.2, 0.25) is 11.8 Å². The molecule has 0 spiro atoms. The van der Waals surface area contributed by atoms with Crippen LogP contribution in [0.1, 0.15) is 30.9 Å². The van der Waals surface area contributed by atoms with Crippen LogP contribution in [0.15, 0.2) is 42.5 Å². The molecule has 0 aromatic heterocycles. The number of aryl methyl sites for hydroxylation is 2. The number of anilines is 2. The number of hydrogen-bond acceptors (Lipinski definition) is 4. The van der Waals surface area contributed by atoms with Crippen LogP contribution in [0.5, 0.6) is 5.75 Å². The van der Waals surface area contributed by atoms with Crippen molar-refractivity contribution in [3.05, 3.63) is 53.6 Å². The van der Waals surface area contributed by atoms with Crippen molar-refractivity contribution in [1.82, 2.24) is 5.32 Å². The van der Waals surface area contributed by atoms with E-state index >= 15 is 0 Å². The molecule has 2 N–H and O–H groups in total. The first-order chi connectivity index (χ1) is 14.9. The topological polar surface area (TPSA) is 87.7 Å². The lowest BCUT2D eigenvalue weighted by molar-refractivity contribution is -0.126. The lowest BCUT2D eigenvalue weighted by atomic mass is 10.1. The molecule has 164 valence electrons. The second-order valence-corrected chi connectivity index (χ2v) is 7.90. The fraction of sp³-hybridized carbons (Fsp3) is 0.375. The first-order valence-corrected chi connectivity index (χ1v) is 10.5. The van der Waals surface area contributed by atoms with Crippen molar-refractivity contribution in [3.8, 4) is 5.75 Å². The first kappa shape index (κ1) is 22.3. The van der Waals surface area contributed by atoms with Crippen molar-refractivity contribution in [3.63, 3.8) is 0 Å². The fourth-order valence-corrected chi connectivity index (χ4v) is 3.64. The molecule has 1 aliphatic heterocycles. The van der Waals surface area contributed by atoms with E-state index in [2.05, 4.69) is 10.6 Å². The maximum absolute atomic E-state index is 12.3. The predicted octanol–water partition coefficient (Wildman–Crippen LogP) is 3.20. The van der Waals surface area contributed by atoms with Gasteiger partial charge < -0.3 is 20.3 Å². The molecule has 7 heteroatoms. The Balaban J connectivity index is 1.52. The van der Waals surface area contributed by atoms with Gasteiger partial charge in [-0.1, -0.05) is 13.0 Å². The third kappa shape index (κ3) is 6.07. The number of rotatable bonds is 8. The van der Waals surface area contributed by atoms with Crippen LogP contribution in [0.3, 0.4) is 0 Å². The summed E-state index contributed by atoms with van der Waals surface area (Å²) in [6, 6.07) is 12.8. The average Bonchev–Trinajstić information content (AvgIpc) is 3.12. The average molecular weight is 424 g/mol. The number of ether oxygens (including phenoxy) is 1. The Kier molecular flexibility index (Phi) is 7.28. The summed E-state index contributed by atoms with van der Waals surface area (Å²) in [5, 5.41) is 5.68. The van der Waals surface area contributed by atoms with Gasteiger partial charge in [0.25, 0.3) is 5.91 Å². The van der Waals surface area contributed by atoms with Crippen molar-refractivity contribution >= 4 is 29.1 Å². The van der Waals surface area contributed by atoms with E-state index in [1.807, 2.05) is 39.0 Å². The summed E-state index contributed by atoms with van der Waals surface area (Å²) in [5.41, 5.74) is 3.61. The number of hydrogen-bond donors (Lipinski definition) is 2. The number of amides is 3. The Labute approximate surface area is 182 Å². The monoisotopic (exact) mass is 423 g/mol. The van der Waals surface area contributed by atoms with Gasteiger partial charge in [0.1, 0.15) is 5.75 Å². The molecule has 2 aromatic rings. The number of carbonyl (C=O) groups excluding carboxylic acids is 3. The number of carbonyl (C=O) groups is 3. The minimum Gasteiger partial charge on any atom is -0.484 e. The molecular weight excluding hydrogens is 394 g/mol. The lowest BCUT2D eigenvalue weighted by Crippen LogP contribution is -2.33. The highest BCUT2D eigenvalue weighted by molar-refractivity contribution is 6.00. The van der Waals surface area contributed by atoms with Gasteiger partial charge in [0.15, 0.2) is 6.61 Å². The highest BCUT2D eigenvalue weighted by Crippen LogP contribution is 2.27. The van der Waals surface area contributed by atoms with E-state index in [1.165, 1.54) is 0 Å². The van der Waals surface area contributed by atoms with E-state index in [0.717, 1.165) is 23.2 Å². The Morgan fingerprint density at radius 2 is 1.77 bits per heavy atom. The third-order valence-electron chi connectivity index (χ3n) is 5.07. The molecule has 1 saturated heterocycles. The Bertz CT molecular complexity index is 936. The molecule has 31 heavy (non-hydrogen) atoms. The van der Waals surface area contributed by atoms with Crippen LogP contribution >= 0.6 is 0 Å². The van der Waals surface area contributed by atoms with Crippen LogP contribution in [0.4, 0.5) is 11.4 Å². The van der Waals surface area contributed by atoms with Gasteiger partial charge >= 0.3 is 0 Å². The molecule has 3 rings (SSSR count). The van der Waals surface area contributed by atoms with Gasteiger partial charge in [0.05, 0.1) is 5.92 Å². The minimum absolute atomic E-state index is 0.0712. The molecular formula is C24H29N3O4. The van der Waals surface area contributed by atoms with E-state index in [4.69, 9.17) is 4.74 Å². The molecule has 1 atom stereocenters. The summed E-state index contributed by atoms with van der Waals surface area (Å²) >= 11 is 0. The molecule has 0 saturated carbocycles. The van der Waals surface area contributed by atoms with Gasteiger partial charge in [-0.05, 0) is 67.8 Å². The molecule has 0 aliphatic carbocycles. The van der Waals surface area contributed by atoms with E-state index in [1.54, 1.807) is 29.2 Å². The Morgan fingerprint density at radius 3 is 2.42 bits per heavy atom. The number of nitrogens with one attached hydrogen (secondary N) is 2. The van der Waals surface area contributed by atoms with Crippen LogP contribution < -0.4 is 20.3 Å². The fourth-order valence-electron chi connectivity index (χ4n) is 3.64. The summed E-state index contributed by atoms with van der Waals surface area (Å²) in [6.45, 7) is 6.81. The van der Waals surface area contributed by atoms with Crippen molar-refractivity contribution < 1.29 is 19.1 Å². The van der Waals surface area contributed by atoms with E-state index < -0.39 is 0 Å². The van der Waals surface area contributed by atoms with Crippen LogP contribution in [0.2, 0.25) is 0 Å². The molecule has 1 heterocycles. The van der Waals surface area contributed by atoms with E-state index in [0.29, 0.717) is 24.5 Å². The molecule has 0 radical (unpaired) electrons. The standard InChI is InChI=1S/C24H29N3O4/c1-4-9-25-24(30)18-13-23(29)27(14-18)20-5-7-21(8-6-20)31-15-22(28)26-19-11-16(2)10-17(3)12-19/h5-8,10-12,18H,4,9,13-15H2,1-3H3,(H,25,30)(H,26,28)/t18-/m1/s1. The number of nitrogens with zero attached hydrogens (tertiary/aromatic N) is 1. The second-order valence-electron chi connectivity index (χ2n) is 7.90. The van der Waals surface area contributed by atoms with Crippen molar-refractivity contribution in [2.75, 3.05) is 29.9 Å². The van der Waals surface area contributed by atoms with Crippen LogP contribution in [-0.2, 0) is 14.4 Å². The van der Waals surface area contributed by atoms with Crippen molar-refractivity contribution in [1.29, 1.82) is 0 Å². The zero-order valence-corrected chi connectivity index (χ0v) is 18.2. The maximum atomic E-state index is 12.3. The van der Waals surface area contributed by atoms with Crippen LogP contribution in [-0.4, -0.2) is 37.4 Å². The molecule has 0 unspecified atom stereocenters. The van der Waals surface area contributed by atoms with Gasteiger partial charge in [-0.3, -0.25) is 14.4 Å². The lowest BCUT2D eigenvalue weighted by Gasteiger charge is -2.17. The summed E-state index contributed by atoms with van der Waals surface area (Å²) in [7, 11) is 0. The molecule has 7 nitrogen and oxygen atoms in total. The zero-order chi connectivity index (χ0) is 22.4. The SMILES string of the molecule is CCCNC(=O)[C@@H]1CC(=O)N(c2ccc(OCC(=O)Nc3cc(C)cc(C)c3)cc2)C1. The summed E-state index contributed by atoms with van der Waals surface area (Å²) < 4.78 is 5.57. The summed E-state index contributed by atoms with van der Waals surface area (Å²) in [5.74, 6) is -0.192. The molecule has 0 bridgehead atoms. The largest absolute Gasteiger partial charge is 0.484 e. The summed E-state index contributed by atoms with van der Waals surface area (Å²) in [4.78, 5) is 38.3. The van der Waals surface area contributed by atoms with Crippen molar-refractivity contribution in [2.45, 2.75) is 33.6 Å². The second kappa shape index (κ2) is 10.1. The predicted molar refractivity (Wildman–Crippen MR) is 120 cm³/mol. The first-order valence-electron chi connectivity index (χ1n) is 10.5. The minimum atomic E-state index is -0.330. The summed E-state index contributed by atoms with van der Waals surface area (Å²) in [6.07, 6.45) is 1.08. The maximum Gasteiger partial charge on any atom is 0.262 e. The van der Waals surface area contributed by atoms with Crippen molar-refractivity contribution in [2.24, 2.45) is 5.92 Å². The van der Waals surface area contributed by atoms with Gasteiger partial charge in [-0.2, -0.15) is 0 Å². The zero-order valence-electron chi connectivity index (χ0n) is 18.2. The molecule has 1 aliphatic rings. The molecule has 3 amide bonds. The number of benzene rings is 2. The van der Waals surface area contributed by atoms with Gasteiger partial charge in [-0.15, -0.1) is 0 Å². The van der Waals surface area contributed by atoms with E-state index in [9.17, 15) is 14.4 Å². The van der Waals surface area contributed by atoms with Gasteiger partial charge in [0, 0.05) is 30.9 Å².